The van der Waals surface area contributed by atoms with Crippen LogP contribution in [0, 0.1) is 0 Å². The van der Waals surface area contributed by atoms with Crippen molar-refractivity contribution < 1.29 is 9.53 Å². The second-order valence-corrected chi connectivity index (χ2v) is 7.02. The maximum atomic E-state index is 12.8. The molecule has 2 unspecified atom stereocenters. The van der Waals surface area contributed by atoms with Crippen molar-refractivity contribution in [3.63, 3.8) is 0 Å². The highest BCUT2D eigenvalue weighted by molar-refractivity contribution is 7.09. The number of hydrogen-bond donors (Lipinski definition) is 0. The number of carbonyl (C=O) groups excluding carboxylic acids is 1. The Morgan fingerprint density at radius 1 is 1.33 bits per heavy atom. The Balaban J connectivity index is 1.65. The standard InChI is InChI=1S/C16H24N2O2S/c1-12(20-13-6-2-3-7-13)16(19)18-10-5-4-8-14(18)15-17-9-11-21-15/h9,11-14H,2-8,10H2,1H3. The van der Waals surface area contributed by atoms with Gasteiger partial charge in [-0.3, -0.25) is 4.79 Å². The van der Waals surface area contributed by atoms with E-state index >= 15 is 0 Å². The normalized spacial score (nSPS) is 25.2. The maximum Gasteiger partial charge on any atom is 0.252 e. The Morgan fingerprint density at radius 2 is 2.10 bits per heavy atom. The van der Waals surface area contributed by atoms with E-state index in [1.807, 2.05) is 23.4 Å². The third-order valence-electron chi connectivity index (χ3n) is 4.57. The van der Waals surface area contributed by atoms with Crippen molar-refractivity contribution >= 4 is 17.2 Å². The lowest BCUT2D eigenvalue weighted by Crippen LogP contribution is -2.44. The van der Waals surface area contributed by atoms with E-state index in [1.54, 1.807) is 11.3 Å². The van der Waals surface area contributed by atoms with E-state index < -0.39 is 0 Å². The Bertz CT molecular complexity index is 457. The lowest BCUT2D eigenvalue weighted by atomic mass is 10.0. The number of nitrogens with zero attached hydrogens (tertiary/aromatic N) is 2. The Morgan fingerprint density at radius 3 is 2.81 bits per heavy atom. The maximum absolute atomic E-state index is 12.8. The summed E-state index contributed by atoms with van der Waals surface area (Å²) in [4.78, 5) is 19.2. The summed E-state index contributed by atoms with van der Waals surface area (Å²) in [5.41, 5.74) is 0. The van der Waals surface area contributed by atoms with Crippen molar-refractivity contribution in [3.05, 3.63) is 16.6 Å². The van der Waals surface area contributed by atoms with Gasteiger partial charge in [-0.2, -0.15) is 0 Å². The van der Waals surface area contributed by atoms with Crippen LogP contribution in [0.2, 0.25) is 0 Å². The van der Waals surface area contributed by atoms with Crippen LogP contribution in [0.15, 0.2) is 11.6 Å². The van der Waals surface area contributed by atoms with Gasteiger partial charge in [0, 0.05) is 18.1 Å². The molecule has 0 aromatic carbocycles. The van der Waals surface area contributed by atoms with Gasteiger partial charge in [-0.05, 0) is 39.0 Å². The minimum atomic E-state index is -0.325. The van der Waals surface area contributed by atoms with Crippen LogP contribution in [0.25, 0.3) is 0 Å². The van der Waals surface area contributed by atoms with Crippen molar-refractivity contribution in [3.8, 4) is 0 Å². The van der Waals surface area contributed by atoms with Gasteiger partial charge in [0.05, 0.1) is 12.1 Å². The van der Waals surface area contributed by atoms with Crippen LogP contribution >= 0.6 is 11.3 Å². The summed E-state index contributed by atoms with van der Waals surface area (Å²) in [5.74, 6) is 0.141. The van der Waals surface area contributed by atoms with Gasteiger partial charge in [-0.1, -0.05) is 12.8 Å². The molecule has 0 spiro atoms. The lowest BCUT2D eigenvalue weighted by Gasteiger charge is -2.36. The van der Waals surface area contributed by atoms with E-state index in [2.05, 4.69) is 4.98 Å². The highest BCUT2D eigenvalue weighted by Gasteiger charge is 2.33. The molecule has 5 heteroatoms. The highest BCUT2D eigenvalue weighted by Crippen LogP contribution is 2.33. The number of hydrogen-bond acceptors (Lipinski definition) is 4. The van der Waals surface area contributed by atoms with E-state index in [0.717, 1.165) is 37.2 Å². The van der Waals surface area contributed by atoms with Crippen LogP contribution in [0.5, 0.6) is 0 Å². The van der Waals surface area contributed by atoms with Gasteiger partial charge in [0.1, 0.15) is 11.1 Å². The number of aromatic nitrogens is 1. The first-order valence-electron chi connectivity index (χ1n) is 8.11. The molecule has 1 aliphatic heterocycles. The first-order chi connectivity index (χ1) is 10.3. The average Bonchev–Trinajstić information content (AvgIpc) is 3.19. The first kappa shape index (κ1) is 15.0. The molecule has 116 valence electrons. The van der Waals surface area contributed by atoms with Crippen LogP contribution in [-0.4, -0.2) is 34.5 Å². The first-order valence-corrected chi connectivity index (χ1v) is 8.99. The zero-order valence-electron chi connectivity index (χ0n) is 12.7. The molecule has 4 nitrogen and oxygen atoms in total. The fourth-order valence-corrected chi connectivity index (χ4v) is 4.24. The van der Waals surface area contributed by atoms with Crippen molar-refractivity contribution in [1.82, 2.24) is 9.88 Å². The molecule has 0 radical (unpaired) electrons. The summed E-state index contributed by atoms with van der Waals surface area (Å²) in [7, 11) is 0. The van der Waals surface area contributed by atoms with Crippen LogP contribution in [0.3, 0.4) is 0 Å². The van der Waals surface area contributed by atoms with Crippen LogP contribution in [-0.2, 0) is 9.53 Å². The van der Waals surface area contributed by atoms with E-state index in [9.17, 15) is 4.79 Å². The molecule has 2 fully saturated rings. The topological polar surface area (TPSA) is 42.4 Å². The molecule has 0 N–H and O–H groups in total. The van der Waals surface area contributed by atoms with Gasteiger partial charge in [0.25, 0.3) is 5.91 Å². The molecule has 1 aromatic rings. The second kappa shape index (κ2) is 6.88. The van der Waals surface area contributed by atoms with Crippen LogP contribution in [0.1, 0.15) is 62.9 Å². The highest BCUT2D eigenvalue weighted by atomic mass is 32.1. The summed E-state index contributed by atoms with van der Waals surface area (Å²) in [6, 6.07) is 0.154. The van der Waals surface area contributed by atoms with Gasteiger partial charge >= 0.3 is 0 Å². The molecule has 3 rings (SSSR count). The quantitative estimate of drug-likeness (QED) is 0.854. The molecule has 1 aliphatic carbocycles. The number of amides is 1. The summed E-state index contributed by atoms with van der Waals surface area (Å²) in [5, 5.41) is 3.06. The van der Waals surface area contributed by atoms with Gasteiger partial charge < -0.3 is 9.64 Å². The summed E-state index contributed by atoms with van der Waals surface area (Å²) in [6.45, 7) is 2.75. The predicted octanol–water partition coefficient (Wildman–Crippen LogP) is 3.54. The van der Waals surface area contributed by atoms with Gasteiger partial charge in [0.15, 0.2) is 0 Å². The summed E-state index contributed by atoms with van der Waals surface area (Å²) >= 11 is 1.65. The second-order valence-electron chi connectivity index (χ2n) is 6.10. The molecule has 1 saturated heterocycles. The average molecular weight is 308 g/mol. The SMILES string of the molecule is CC(OC1CCCC1)C(=O)N1CCCCC1c1nccs1. The Kier molecular flexibility index (Phi) is 4.91. The summed E-state index contributed by atoms with van der Waals surface area (Å²) < 4.78 is 5.98. The molecule has 1 aromatic heterocycles. The summed E-state index contributed by atoms with van der Waals surface area (Å²) in [6.07, 6.45) is 9.75. The number of piperidine rings is 1. The monoisotopic (exact) mass is 308 g/mol. The smallest absolute Gasteiger partial charge is 0.252 e. The lowest BCUT2D eigenvalue weighted by molar-refractivity contribution is -0.150. The van der Waals surface area contributed by atoms with Gasteiger partial charge in [-0.25, -0.2) is 4.98 Å². The molecule has 2 atom stereocenters. The number of ether oxygens (including phenoxy) is 1. The third-order valence-corrected chi connectivity index (χ3v) is 5.45. The predicted molar refractivity (Wildman–Crippen MR) is 83.2 cm³/mol. The van der Waals surface area contributed by atoms with Gasteiger partial charge in [0.2, 0.25) is 0 Å². The fourth-order valence-electron chi connectivity index (χ4n) is 3.46. The number of carbonyl (C=O) groups is 1. The molecule has 1 amide bonds. The largest absolute Gasteiger partial charge is 0.365 e. The van der Waals surface area contributed by atoms with E-state index in [0.29, 0.717) is 0 Å². The molecule has 1 saturated carbocycles. The molecule has 0 bridgehead atoms. The van der Waals surface area contributed by atoms with Crippen molar-refractivity contribution in [2.24, 2.45) is 0 Å². The van der Waals surface area contributed by atoms with Gasteiger partial charge in [-0.15, -0.1) is 11.3 Å². The third kappa shape index (κ3) is 3.46. The van der Waals surface area contributed by atoms with E-state index in [1.165, 1.54) is 19.3 Å². The fraction of sp³-hybridized carbons (Fsp3) is 0.750. The molecular weight excluding hydrogens is 284 g/mol. The number of rotatable bonds is 4. The zero-order valence-corrected chi connectivity index (χ0v) is 13.5. The molecule has 2 aliphatic rings. The molecule has 21 heavy (non-hydrogen) atoms. The Labute approximate surface area is 130 Å². The minimum Gasteiger partial charge on any atom is -0.365 e. The van der Waals surface area contributed by atoms with E-state index in [-0.39, 0.29) is 24.2 Å². The zero-order chi connectivity index (χ0) is 14.7. The Hall–Kier alpha value is -0.940. The molecular formula is C16H24N2O2S. The van der Waals surface area contributed by atoms with Crippen molar-refractivity contribution in [2.75, 3.05) is 6.54 Å². The van der Waals surface area contributed by atoms with E-state index in [4.69, 9.17) is 4.74 Å². The number of thiazole rings is 1. The van der Waals surface area contributed by atoms with Crippen molar-refractivity contribution in [1.29, 1.82) is 0 Å². The molecule has 2 heterocycles. The van der Waals surface area contributed by atoms with Crippen LogP contribution < -0.4 is 0 Å². The number of likely N-dealkylation sites (tertiary alicyclic amines) is 1. The van der Waals surface area contributed by atoms with Crippen molar-refractivity contribution in [2.45, 2.75) is 70.1 Å². The minimum absolute atomic E-state index is 0.141. The van der Waals surface area contributed by atoms with Crippen LogP contribution in [0.4, 0.5) is 0 Å².